The maximum atomic E-state index is 12.4. The molecule has 1 saturated heterocycles. The Morgan fingerprint density at radius 1 is 0.958 bits per heavy atom. The van der Waals surface area contributed by atoms with Crippen molar-refractivity contribution in [1.82, 2.24) is 14.5 Å². The number of aromatic nitrogens is 2. The summed E-state index contributed by atoms with van der Waals surface area (Å²) >= 11 is 0. The molecule has 0 N–H and O–H groups in total. The molecule has 1 fully saturated rings. The third-order valence-corrected chi connectivity index (χ3v) is 5.50. The number of benzene rings is 1. The molecule has 2 heterocycles. The smallest absolute Gasteiger partial charge is 0.236 e. The number of hydrogen-bond acceptors (Lipinski definition) is 5. The van der Waals surface area contributed by atoms with Gasteiger partial charge < -0.3 is 4.90 Å². The number of nitrogens with zero attached hydrogens (tertiary/aromatic N) is 4. The summed E-state index contributed by atoms with van der Waals surface area (Å²) in [6.45, 7) is 3.99. The van der Waals surface area contributed by atoms with Gasteiger partial charge in [0.05, 0.1) is 5.69 Å². The zero-order chi connectivity index (χ0) is 17.0. The lowest BCUT2D eigenvalue weighted by atomic mass is 10.2. The second kappa shape index (κ2) is 7.11. The van der Waals surface area contributed by atoms with Gasteiger partial charge >= 0.3 is 0 Å². The Bertz CT molecular complexity index is 796. The van der Waals surface area contributed by atoms with E-state index < -0.39 is 10.0 Å². The van der Waals surface area contributed by atoms with E-state index in [2.05, 4.69) is 15.1 Å². The van der Waals surface area contributed by atoms with Gasteiger partial charge in [0, 0.05) is 31.6 Å². The van der Waals surface area contributed by atoms with Crippen LogP contribution in [0.15, 0.2) is 47.9 Å². The topological polar surface area (TPSA) is 66.4 Å². The molecule has 1 aromatic heterocycles. The Morgan fingerprint density at radius 3 is 2.29 bits per heavy atom. The molecule has 0 aliphatic carbocycles. The monoisotopic (exact) mass is 344 g/mol. The van der Waals surface area contributed by atoms with Crippen LogP contribution in [0.3, 0.4) is 0 Å². The minimum absolute atomic E-state index is 0.441. The second-order valence-corrected chi connectivity index (χ2v) is 7.50. The molecule has 0 amide bonds. The van der Waals surface area contributed by atoms with E-state index in [0.29, 0.717) is 26.2 Å². The molecule has 3 rings (SSSR count). The van der Waals surface area contributed by atoms with Gasteiger partial charge in [-0.05, 0) is 30.7 Å². The van der Waals surface area contributed by atoms with E-state index in [1.807, 2.05) is 49.4 Å². The lowest BCUT2D eigenvalue weighted by Gasteiger charge is -2.33. The fourth-order valence-electron chi connectivity index (χ4n) is 2.55. The van der Waals surface area contributed by atoms with E-state index in [0.717, 1.165) is 17.1 Å². The number of piperazine rings is 1. The van der Waals surface area contributed by atoms with Crippen molar-refractivity contribution in [1.29, 1.82) is 0 Å². The van der Waals surface area contributed by atoms with Crippen LogP contribution in [-0.2, 0) is 10.0 Å². The van der Waals surface area contributed by atoms with E-state index in [9.17, 15) is 8.42 Å². The predicted molar refractivity (Wildman–Crippen MR) is 95.0 cm³/mol. The van der Waals surface area contributed by atoms with E-state index in [-0.39, 0.29) is 0 Å². The maximum absolute atomic E-state index is 12.4. The van der Waals surface area contributed by atoms with Crippen molar-refractivity contribution in [2.45, 2.75) is 6.92 Å². The van der Waals surface area contributed by atoms with Gasteiger partial charge in [-0.1, -0.05) is 30.3 Å². The fraction of sp³-hybridized carbons (Fsp3) is 0.294. The van der Waals surface area contributed by atoms with Crippen LogP contribution in [-0.4, -0.2) is 49.1 Å². The highest BCUT2D eigenvalue weighted by Crippen LogP contribution is 2.16. The molecule has 7 heteroatoms. The van der Waals surface area contributed by atoms with Gasteiger partial charge in [0.15, 0.2) is 5.82 Å². The highest BCUT2D eigenvalue weighted by molar-refractivity contribution is 7.92. The van der Waals surface area contributed by atoms with E-state index in [4.69, 9.17) is 0 Å². The van der Waals surface area contributed by atoms with E-state index in [1.54, 1.807) is 6.08 Å². The first-order valence-corrected chi connectivity index (χ1v) is 9.33. The summed E-state index contributed by atoms with van der Waals surface area (Å²) in [5, 5.41) is 9.49. The highest BCUT2D eigenvalue weighted by atomic mass is 32.2. The van der Waals surface area contributed by atoms with Crippen molar-refractivity contribution in [2.75, 3.05) is 31.1 Å². The number of anilines is 1. The van der Waals surface area contributed by atoms with Crippen molar-refractivity contribution < 1.29 is 8.42 Å². The van der Waals surface area contributed by atoms with E-state index in [1.165, 1.54) is 9.71 Å². The van der Waals surface area contributed by atoms with Crippen LogP contribution in [0.5, 0.6) is 0 Å². The molecule has 1 aliphatic rings. The quantitative estimate of drug-likeness (QED) is 0.848. The third kappa shape index (κ3) is 3.98. The molecule has 0 bridgehead atoms. The summed E-state index contributed by atoms with van der Waals surface area (Å²) < 4.78 is 26.4. The molecule has 24 heavy (non-hydrogen) atoms. The normalized spacial score (nSPS) is 16.6. The molecule has 6 nitrogen and oxygen atoms in total. The number of hydrogen-bond donors (Lipinski definition) is 0. The van der Waals surface area contributed by atoms with Gasteiger partial charge in [0.1, 0.15) is 0 Å². The van der Waals surface area contributed by atoms with Gasteiger partial charge in [-0.2, -0.15) is 9.40 Å². The summed E-state index contributed by atoms with van der Waals surface area (Å²) in [7, 11) is -3.40. The Hall–Kier alpha value is -2.25. The molecule has 0 atom stereocenters. The first kappa shape index (κ1) is 16.6. The zero-order valence-electron chi connectivity index (χ0n) is 13.5. The average Bonchev–Trinajstić information content (AvgIpc) is 2.62. The van der Waals surface area contributed by atoms with Crippen molar-refractivity contribution in [2.24, 2.45) is 0 Å². The minimum Gasteiger partial charge on any atom is -0.352 e. The lowest BCUT2D eigenvalue weighted by Crippen LogP contribution is -2.48. The summed E-state index contributed by atoms with van der Waals surface area (Å²) in [4.78, 5) is 2.05. The van der Waals surface area contributed by atoms with Crippen molar-refractivity contribution in [3.63, 3.8) is 0 Å². The minimum atomic E-state index is -3.40. The molecule has 2 aromatic rings. The molecule has 0 saturated carbocycles. The number of aryl methyl sites for hydroxylation is 1. The molecule has 0 radical (unpaired) electrons. The summed E-state index contributed by atoms with van der Waals surface area (Å²) in [6, 6.07) is 13.2. The first-order valence-electron chi connectivity index (χ1n) is 7.83. The maximum Gasteiger partial charge on any atom is 0.236 e. The Labute approximate surface area is 142 Å². The first-order chi connectivity index (χ1) is 11.5. The van der Waals surface area contributed by atoms with Crippen molar-refractivity contribution in [3.8, 4) is 0 Å². The van der Waals surface area contributed by atoms with Crippen LogP contribution in [0.1, 0.15) is 11.3 Å². The van der Waals surface area contributed by atoms with Crippen molar-refractivity contribution >= 4 is 21.9 Å². The van der Waals surface area contributed by atoms with Crippen molar-refractivity contribution in [3.05, 3.63) is 59.1 Å². The van der Waals surface area contributed by atoms with Crippen LogP contribution < -0.4 is 4.90 Å². The van der Waals surface area contributed by atoms with Gasteiger partial charge in [0.25, 0.3) is 0 Å². The molecule has 0 spiro atoms. The summed E-state index contributed by atoms with van der Waals surface area (Å²) in [5.41, 5.74) is 1.74. The van der Waals surface area contributed by atoms with Crippen LogP contribution in [0.2, 0.25) is 0 Å². The molecule has 1 aliphatic heterocycles. The van der Waals surface area contributed by atoms with E-state index >= 15 is 0 Å². The largest absolute Gasteiger partial charge is 0.352 e. The summed E-state index contributed by atoms with van der Waals surface area (Å²) in [6.07, 6.45) is 1.63. The van der Waals surface area contributed by atoms with Crippen LogP contribution in [0, 0.1) is 6.92 Å². The van der Waals surface area contributed by atoms with Crippen LogP contribution in [0.4, 0.5) is 5.82 Å². The highest BCUT2D eigenvalue weighted by Gasteiger charge is 2.25. The average molecular weight is 344 g/mol. The molecule has 1 aromatic carbocycles. The van der Waals surface area contributed by atoms with Gasteiger partial charge in [-0.25, -0.2) is 8.42 Å². The van der Waals surface area contributed by atoms with Crippen LogP contribution in [0.25, 0.3) is 6.08 Å². The molecular weight excluding hydrogens is 324 g/mol. The number of rotatable bonds is 4. The van der Waals surface area contributed by atoms with Gasteiger partial charge in [-0.3, -0.25) is 0 Å². The summed E-state index contributed by atoms with van der Waals surface area (Å²) in [5.74, 6) is 0.789. The third-order valence-electron chi connectivity index (χ3n) is 3.94. The second-order valence-electron chi connectivity index (χ2n) is 5.68. The zero-order valence-corrected chi connectivity index (χ0v) is 14.4. The van der Waals surface area contributed by atoms with Gasteiger partial charge in [0.2, 0.25) is 10.0 Å². The Balaban J connectivity index is 1.63. The van der Waals surface area contributed by atoms with Gasteiger partial charge in [-0.15, -0.1) is 5.10 Å². The standard InChI is InChI=1S/C17H20N4O2S/c1-15-7-8-17(19-18-15)20-10-12-21(13-11-20)24(22,23)14-9-16-5-3-2-4-6-16/h2-9,14H,10-13H2,1H3/b14-9+. The molecule has 0 unspecified atom stereocenters. The molecular formula is C17H20N4O2S. The predicted octanol–water partition coefficient (Wildman–Crippen LogP) is 1.91. The lowest BCUT2D eigenvalue weighted by molar-refractivity contribution is 0.388. The van der Waals surface area contributed by atoms with Crippen LogP contribution >= 0.6 is 0 Å². The fourth-order valence-corrected chi connectivity index (χ4v) is 3.72. The molecule has 126 valence electrons. The number of sulfonamides is 1. The Morgan fingerprint density at radius 2 is 1.67 bits per heavy atom. The Kier molecular flexibility index (Phi) is 4.92. The SMILES string of the molecule is Cc1ccc(N2CCN(S(=O)(=O)/C=C/c3ccccc3)CC2)nn1.